The summed E-state index contributed by atoms with van der Waals surface area (Å²) in [6.07, 6.45) is -1.38. The van der Waals surface area contributed by atoms with Gasteiger partial charge in [-0.25, -0.2) is 0 Å². The first-order valence-corrected chi connectivity index (χ1v) is 13.1. The zero-order valence-corrected chi connectivity index (χ0v) is 23.7. The number of nitriles is 1. The Morgan fingerprint density at radius 1 is 1.12 bits per heavy atom. The van der Waals surface area contributed by atoms with Crippen molar-refractivity contribution in [1.29, 1.82) is 5.26 Å². The van der Waals surface area contributed by atoms with E-state index in [-0.39, 0.29) is 25.2 Å². The van der Waals surface area contributed by atoms with E-state index in [1.807, 2.05) is 13.8 Å². The van der Waals surface area contributed by atoms with Crippen LogP contribution in [-0.2, 0) is 14.9 Å². The van der Waals surface area contributed by atoms with Crippen LogP contribution >= 0.6 is 0 Å². The molecule has 3 rings (SSSR count). The summed E-state index contributed by atoms with van der Waals surface area (Å²) in [7, 11) is 4.47. The van der Waals surface area contributed by atoms with Gasteiger partial charge in [-0.3, -0.25) is 14.9 Å². The Bertz CT molecular complexity index is 1190. The second-order valence-corrected chi connectivity index (χ2v) is 9.69. The van der Waals surface area contributed by atoms with Gasteiger partial charge in [-0.15, -0.1) is 0 Å². The van der Waals surface area contributed by atoms with Gasteiger partial charge in [-0.2, -0.15) is 5.26 Å². The number of nitro groups is 1. The van der Waals surface area contributed by atoms with Gasteiger partial charge >= 0.3 is 5.97 Å². The van der Waals surface area contributed by atoms with Crippen LogP contribution in [0.3, 0.4) is 0 Å². The van der Waals surface area contributed by atoms with Crippen molar-refractivity contribution in [2.24, 2.45) is 5.92 Å². The number of nitrogens with zero attached hydrogens (tertiary/aromatic N) is 2. The molecule has 0 N–H and O–H groups in total. The minimum atomic E-state index is -1.34. The van der Waals surface area contributed by atoms with Gasteiger partial charge in [0, 0.05) is 11.8 Å². The van der Waals surface area contributed by atoms with E-state index < -0.39 is 34.7 Å². The molecule has 1 aliphatic heterocycles. The lowest BCUT2D eigenvalue weighted by atomic mass is 9.67. The van der Waals surface area contributed by atoms with E-state index in [4.69, 9.17) is 28.4 Å². The molecule has 1 aliphatic rings. The molecule has 0 amide bonds. The van der Waals surface area contributed by atoms with Gasteiger partial charge in [0.2, 0.25) is 12.0 Å². The second kappa shape index (κ2) is 13.2. The predicted molar refractivity (Wildman–Crippen MR) is 145 cm³/mol. The number of carbonyl (C=O) groups excluding carboxylic acids is 1. The zero-order chi connectivity index (χ0) is 29.4. The smallest absolute Gasteiger partial charge is 0.303 e. The van der Waals surface area contributed by atoms with Gasteiger partial charge < -0.3 is 28.4 Å². The molecule has 2 aromatic rings. The lowest BCUT2D eigenvalue weighted by molar-refractivity contribution is -0.537. The van der Waals surface area contributed by atoms with E-state index in [1.54, 1.807) is 36.4 Å². The van der Waals surface area contributed by atoms with Crippen molar-refractivity contribution < 1.29 is 38.1 Å². The second-order valence-electron chi connectivity index (χ2n) is 9.69. The summed E-state index contributed by atoms with van der Waals surface area (Å²) < 4.78 is 33.5. The van der Waals surface area contributed by atoms with Crippen molar-refractivity contribution in [1.82, 2.24) is 0 Å². The number of carbonyl (C=O) groups is 1. The number of para-hydroxylation sites is 2. The summed E-state index contributed by atoms with van der Waals surface area (Å²) in [5, 5.41) is 22.9. The highest BCUT2D eigenvalue weighted by Gasteiger charge is 2.44. The number of methoxy groups -OCH3 is 3. The molecule has 2 aromatic carbocycles. The van der Waals surface area contributed by atoms with Crippen LogP contribution in [0.1, 0.15) is 52.0 Å². The van der Waals surface area contributed by atoms with E-state index in [1.165, 1.54) is 28.3 Å². The van der Waals surface area contributed by atoms with E-state index in [9.17, 15) is 20.2 Å². The largest absolute Gasteiger partial charge is 0.493 e. The van der Waals surface area contributed by atoms with Crippen molar-refractivity contribution in [2.75, 3.05) is 21.3 Å². The molecule has 1 heterocycles. The molecule has 0 aromatic heterocycles. The Morgan fingerprint density at radius 3 is 2.12 bits per heavy atom. The highest BCUT2D eigenvalue weighted by Crippen LogP contribution is 2.46. The van der Waals surface area contributed by atoms with Crippen LogP contribution in [0.15, 0.2) is 36.4 Å². The maximum Gasteiger partial charge on any atom is 0.303 e. The Hall–Kier alpha value is -4.20. The molecular formula is C29H36N2O9. The summed E-state index contributed by atoms with van der Waals surface area (Å²) in [5.74, 6) is 1.29. The highest BCUT2D eigenvalue weighted by atomic mass is 16.7. The van der Waals surface area contributed by atoms with Gasteiger partial charge in [0.1, 0.15) is 0 Å². The van der Waals surface area contributed by atoms with Gasteiger partial charge in [-0.1, -0.05) is 32.4 Å². The first-order valence-electron chi connectivity index (χ1n) is 13.1. The van der Waals surface area contributed by atoms with Crippen LogP contribution in [-0.4, -0.2) is 50.7 Å². The molecule has 0 aliphatic carbocycles. The molecule has 4 atom stereocenters. The van der Waals surface area contributed by atoms with Crippen LogP contribution in [0, 0.1) is 27.4 Å². The lowest BCUT2D eigenvalue weighted by Crippen LogP contribution is -2.43. The zero-order valence-electron chi connectivity index (χ0n) is 23.7. The maximum absolute atomic E-state index is 12.3. The Kier molecular flexibility index (Phi) is 10.0. The topological polar surface area (TPSA) is 139 Å². The fourth-order valence-electron chi connectivity index (χ4n) is 5.13. The average molecular weight is 557 g/mol. The number of hydrogen-bond donors (Lipinski definition) is 0. The van der Waals surface area contributed by atoms with Crippen molar-refractivity contribution in [3.8, 4) is 34.8 Å². The van der Waals surface area contributed by atoms with Crippen molar-refractivity contribution >= 4 is 5.97 Å². The first kappa shape index (κ1) is 30.3. The average Bonchev–Trinajstić information content (AvgIpc) is 3.37. The predicted octanol–water partition coefficient (Wildman–Crippen LogP) is 5.06. The van der Waals surface area contributed by atoms with Crippen LogP contribution in [0.2, 0.25) is 0 Å². The van der Waals surface area contributed by atoms with Crippen LogP contribution in [0.5, 0.6) is 28.7 Å². The third kappa shape index (κ3) is 6.33. The highest BCUT2D eigenvalue weighted by molar-refractivity contribution is 5.66. The molecule has 0 saturated carbocycles. The third-order valence-corrected chi connectivity index (χ3v) is 7.47. The molecule has 0 saturated heterocycles. The molecule has 216 valence electrons. The van der Waals surface area contributed by atoms with Gasteiger partial charge in [0.15, 0.2) is 29.1 Å². The SMILES string of the molecule is CCC(C)C(C#N)(CCC(OC(C)=O)C(CC1Oc2ccccc2O1)[N+](=O)[O-])c1cc(OC)c(OC)c(OC)c1. The number of esters is 1. The maximum atomic E-state index is 12.3. The van der Waals surface area contributed by atoms with Crippen molar-refractivity contribution in [2.45, 2.75) is 70.3 Å². The van der Waals surface area contributed by atoms with Gasteiger partial charge in [-0.05, 0) is 48.6 Å². The molecule has 11 nitrogen and oxygen atoms in total. The molecule has 0 radical (unpaired) electrons. The van der Waals surface area contributed by atoms with Gasteiger partial charge in [0.25, 0.3) is 6.04 Å². The standard InChI is InChI=1S/C29H36N2O9/c1-7-18(2)29(17-30,20-14-25(35-4)28(37-6)26(15-20)36-5)13-12-22(38-19(3)32)21(31(33)34)16-27-39-23-10-8-9-11-24(23)40-27/h8-11,14-15,18,21-22,27H,7,12-13,16H2,1-6H3. The number of rotatable bonds is 14. The van der Waals surface area contributed by atoms with Crippen LogP contribution in [0.25, 0.3) is 0 Å². The molecule has 4 unspecified atom stereocenters. The molecule has 0 bridgehead atoms. The number of hydrogen-bond acceptors (Lipinski definition) is 10. The Labute approximate surface area is 234 Å². The minimum absolute atomic E-state index is 0.0411. The normalized spacial score (nSPS) is 16.1. The molecule has 40 heavy (non-hydrogen) atoms. The third-order valence-electron chi connectivity index (χ3n) is 7.47. The monoisotopic (exact) mass is 556 g/mol. The lowest BCUT2D eigenvalue weighted by Gasteiger charge is -2.35. The Balaban J connectivity index is 1.96. The van der Waals surface area contributed by atoms with E-state index in [2.05, 4.69) is 6.07 Å². The molecule has 0 fully saturated rings. The van der Waals surface area contributed by atoms with E-state index >= 15 is 0 Å². The first-order chi connectivity index (χ1) is 19.1. The minimum Gasteiger partial charge on any atom is -0.493 e. The Morgan fingerprint density at radius 2 is 1.70 bits per heavy atom. The van der Waals surface area contributed by atoms with E-state index in [0.717, 1.165) is 0 Å². The molecular weight excluding hydrogens is 520 g/mol. The molecule has 11 heteroatoms. The summed E-state index contributed by atoms with van der Waals surface area (Å²) in [6, 6.07) is 11.6. The summed E-state index contributed by atoms with van der Waals surface area (Å²) >= 11 is 0. The fourth-order valence-corrected chi connectivity index (χ4v) is 5.13. The quantitative estimate of drug-likeness (QED) is 0.176. The van der Waals surface area contributed by atoms with Crippen molar-refractivity contribution in [3.63, 3.8) is 0 Å². The fraction of sp³-hybridized carbons (Fsp3) is 0.517. The summed E-state index contributed by atoms with van der Waals surface area (Å²) in [4.78, 5) is 23.8. The summed E-state index contributed by atoms with van der Waals surface area (Å²) in [5.41, 5.74) is -0.506. The number of fused-ring (bicyclic) bond motifs is 1. The number of ether oxygens (including phenoxy) is 6. The molecule has 0 spiro atoms. The van der Waals surface area contributed by atoms with Crippen molar-refractivity contribution in [3.05, 3.63) is 52.1 Å². The summed E-state index contributed by atoms with van der Waals surface area (Å²) in [6.45, 7) is 5.11. The van der Waals surface area contributed by atoms with Gasteiger partial charge in [0.05, 0.1) is 39.2 Å². The number of benzene rings is 2. The van der Waals surface area contributed by atoms with Crippen LogP contribution in [0.4, 0.5) is 0 Å². The van der Waals surface area contributed by atoms with Crippen LogP contribution < -0.4 is 23.7 Å². The van der Waals surface area contributed by atoms with E-state index in [0.29, 0.717) is 40.7 Å².